The van der Waals surface area contributed by atoms with Crippen LogP contribution in [0.25, 0.3) is 0 Å². The summed E-state index contributed by atoms with van der Waals surface area (Å²) in [6, 6.07) is 0. The number of β-amino-alcohol motifs (C(OH)–C–C–N with tert-alkyl or cyclic N) is 1. The van der Waals surface area contributed by atoms with Gasteiger partial charge in [0.05, 0.1) is 11.5 Å². The van der Waals surface area contributed by atoms with Gasteiger partial charge in [-0.3, -0.25) is 9.69 Å². The van der Waals surface area contributed by atoms with Crippen LogP contribution in [0.4, 0.5) is 0 Å². The van der Waals surface area contributed by atoms with Crippen molar-refractivity contribution >= 4 is 5.97 Å². The number of carboxylic acid groups (broad SMARTS) is 1. The normalized spacial score (nSPS) is 27.9. The van der Waals surface area contributed by atoms with E-state index in [1.165, 1.54) is 0 Å². The summed E-state index contributed by atoms with van der Waals surface area (Å²) in [6.07, 6.45) is 3.72. The number of likely N-dealkylation sites (tertiary alicyclic amines) is 1. The van der Waals surface area contributed by atoms with E-state index in [-0.39, 0.29) is 6.10 Å². The van der Waals surface area contributed by atoms with Crippen molar-refractivity contribution in [2.45, 2.75) is 52.1 Å². The lowest BCUT2D eigenvalue weighted by atomic mass is 9.76. The Bertz CT molecular complexity index is 253. The van der Waals surface area contributed by atoms with Gasteiger partial charge in [0, 0.05) is 13.1 Å². The molecule has 100 valence electrons. The molecule has 17 heavy (non-hydrogen) atoms. The molecule has 4 nitrogen and oxygen atoms in total. The summed E-state index contributed by atoms with van der Waals surface area (Å²) in [5.74, 6) is -0.671. The van der Waals surface area contributed by atoms with E-state index in [0.29, 0.717) is 13.1 Å². The molecule has 1 rings (SSSR count). The average molecular weight is 243 g/mol. The molecule has 4 heteroatoms. The molecule has 2 N–H and O–H groups in total. The fraction of sp³-hybridized carbons (Fsp3) is 0.923. The van der Waals surface area contributed by atoms with Crippen molar-refractivity contribution in [1.82, 2.24) is 4.90 Å². The Morgan fingerprint density at radius 3 is 2.71 bits per heavy atom. The number of hydrogen-bond donors (Lipinski definition) is 2. The molecule has 1 aliphatic heterocycles. The third-order valence-electron chi connectivity index (χ3n) is 3.78. The molecule has 0 aromatic carbocycles. The van der Waals surface area contributed by atoms with Crippen molar-refractivity contribution in [2.24, 2.45) is 5.41 Å². The lowest BCUT2D eigenvalue weighted by Gasteiger charge is -2.40. The molecule has 0 spiro atoms. The maximum Gasteiger partial charge on any atom is 0.310 e. The van der Waals surface area contributed by atoms with Gasteiger partial charge in [-0.05, 0) is 32.2 Å². The van der Waals surface area contributed by atoms with E-state index in [1.807, 2.05) is 13.8 Å². The molecule has 0 radical (unpaired) electrons. The van der Waals surface area contributed by atoms with Crippen LogP contribution in [0.2, 0.25) is 0 Å². The van der Waals surface area contributed by atoms with Crippen LogP contribution in [0.1, 0.15) is 46.0 Å². The third-order valence-corrected chi connectivity index (χ3v) is 3.78. The Kier molecular flexibility index (Phi) is 5.40. The van der Waals surface area contributed by atoms with Gasteiger partial charge < -0.3 is 10.2 Å². The molecular formula is C13H25NO3. The van der Waals surface area contributed by atoms with Crippen LogP contribution >= 0.6 is 0 Å². The zero-order chi connectivity index (χ0) is 12.9. The molecule has 0 amide bonds. The molecule has 0 aromatic heterocycles. The second-order valence-corrected chi connectivity index (χ2v) is 5.24. The number of aliphatic hydroxyl groups excluding tert-OH is 1. The lowest BCUT2D eigenvalue weighted by molar-refractivity contribution is -0.153. The number of carbonyl (C=O) groups is 1. The largest absolute Gasteiger partial charge is 0.481 e. The smallest absolute Gasteiger partial charge is 0.310 e. The monoisotopic (exact) mass is 243 g/mol. The molecule has 2 unspecified atom stereocenters. The Labute approximate surface area is 104 Å². The molecule has 0 aliphatic carbocycles. The van der Waals surface area contributed by atoms with Crippen LogP contribution < -0.4 is 0 Å². The van der Waals surface area contributed by atoms with Gasteiger partial charge in [0.15, 0.2) is 0 Å². The molecule has 0 aromatic rings. The highest BCUT2D eigenvalue weighted by atomic mass is 16.4. The number of aliphatic hydroxyl groups is 1. The van der Waals surface area contributed by atoms with Crippen LogP contribution in [-0.2, 0) is 4.79 Å². The highest BCUT2D eigenvalue weighted by Crippen LogP contribution is 2.35. The quantitative estimate of drug-likeness (QED) is 0.746. The molecular weight excluding hydrogens is 218 g/mol. The first-order valence-corrected chi connectivity index (χ1v) is 6.68. The predicted octanol–water partition coefficient (Wildman–Crippen LogP) is 1.72. The SMILES string of the molecule is CCCC1(C(=O)O)CCCN(CC(O)CC)C1. The molecule has 0 saturated carbocycles. The summed E-state index contributed by atoms with van der Waals surface area (Å²) >= 11 is 0. The highest BCUT2D eigenvalue weighted by molar-refractivity contribution is 5.75. The van der Waals surface area contributed by atoms with Crippen molar-refractivity contribution in [3.05, 3.63) is 0 Å². The van der Waals surface area contributed by atoms with E-state index >= 15 is 0 Å². The van der Waals surface area contributed by atoms with Gasteiger partial charge in [-0.25, -0.2) is 0 Å². The fourth-order valence-corrected chi connectivity index (χ4v) is 2.77. The Balaban J connectivity index is 2.64. The van der Waals surface area contributed by atoms with Crippen LogP contribution in [-0.4, -0.2) is 46.8 Å². The molecule has 2 atom stereocenters. The van der Waals surface area contributed by atoms with Gasteiger partial charge in [-0.15, -0.1) is 0 Å². The van der Waals surface area contributed by atoms with E-state index in [0.717, 1.165) is 38.6 Å². The van der Waals surface area contributed by atoms with Crippen LogP contribution in [0.15, 0.2) is 0 Å². The first-order chi connectivity index (χ1) is 8.04. The standard InChI is InChI=1S/C13H25NO3/c1-3-6-13(12(16)17)7-5-8-14(10-13)9-11(15)4-2/h11,15H,3-10H2,1-2H3,(H,16,17). The zero-order valence-corrected chi connectivity index (χ0v) is 11.0. The molecule has 1 aliphatic rings. The van der Waals surface area contributed by atoms with Crippen molar-refractivity contribution in [3.8, 4) is 0 Å². The van der Waals surface area contributed by atoms with Gasteiger partial charge in [0.1, 0.15) is 0 Å². The summed E-state index contributed by atoms with van der Waals surface area (Å²) in [5, 5.41) is 19.1. The molecule has 1 fully saturated rings. The lowest BCUT2D eigenvalue weighted by Crippen LogP contribution is -2.49. The zero-order valence-electron chi connectivity index (χ0n) is 11.0. The minimum absolute atomic E-state index is 0.332. The van der Waals surface area contributed by atoms with Crippen molar-refractivity contribution in [3.63, 3.8) is 0 Å². The second kappa shape index (κ2) is 6.36. The Morgan fingerprint density at radius 1 is 1.47 bits per heavy atom. The minimum atomic E-state index is -0.671. The first-order valence-electron chi connectivity index (χ1n) is 6.68. The van der Waals surface area contributed by atoms with Crippen molar-refractivity contribution in [1.29, 1.82) is 0 Å². The fourth-order valence-electron chi connectivity index (χ4n) is 2.77. The third kappa shape index (κ3) is 3.68. The number of rotatable bonds is 6. The van der Waals surface area contributed by atoms with Crippen LogP contribution in [0.5, 0.6) is 0 Å². The van der Waals surface area contributed by atoms with Gasteiger partial charge in [-0.2, -0.15) is 0 Å². The first kappa shape index (κ1) is 14.5. The van der Waals surface area contributed by atoms with E-state index in [9.17, 15) is 15.0 Å². The number of piperidine rings is 1. The Hall–Kier alpha value is -0.610. The summed E-state index contributed by atoms with van der Waals surface area (Å²) < 4.78 is 0. The predicted molar refractivity (Wildman–Crippen MR) is 66.9 cm³/mol. The molecule has 1 heterocycles. The molecule has 0 bridgehead atoms. The topological polar surface area (TPSA) is 60.8 Å². The van der Waals surface area contributed by atoms with Gasteiger partial charge in [0.2, 0.25) is 0 Å². The highest BCUT2D eigenvalue weighted by Gasteiger charge is 2.41. The summed E-state index contributed by atoms with van der Waals surface area (Å²) in [6.45, 7) is 6.09. The van der Waals surface area contributed by atoms with E-state index in [1.54, 1.807) is 0 Å². The maximum absolute atomic E-state index is 11.5. The number of hydrogen-bond acceptors (Lipinski definition) is 3. The maximum atomic E-state index is 11.5. The summed E-state index contributed by atoms with van der Waals surface area (Å²) in [7, 11) is 0. The number of aliphatic carboxylic acids is 1. The molecule has 1 saturated heterocycles. The van der Waals surface area contributed by atoms with E-state index in [2.05, 4.69) is 4.90 Å². The van der Waals surface area contributed by atoms with Gasteiger partial charge in [0.25, 0.3) is 0 Å². The minimum Gasteiger partial charge on any atom is -0.481 e. The Morgan fingerprint density at radius 2 is 2.18 bits per heavy atom. The van der Waals surface area contributed by atoms with Gasteiger partial charge >= 0.3 is 5.97 Å². The number of nitrogens with zero attached hydrogens (tertiary/aromatic N) is 1. The van der Waals surface area contributed by atoms with Gasteiger partial charge in [-0.1, -0.05) is 20.3 Å². The van der Waals surface area contributed by atoms with E-state index < -0.39 is 11.4 Å². The van der Waals surface area contributed by atoms with E-state index in [4.69, 9.17) is 0 Å². The van der Waals surface area contributed by atoms with Crippen LogP contribution in [0, 0.1) is 5.41 Å². The van der Waals surface area contributed by atoms with Crippen LogP contribution in [0.3, 0.4) is 0 Å². The summed E-state index contributed by atoms with van der Waals surface area (Å²) in [4.78, 5) is 13.6. The van der Waals surface area contributed by atoms with Crippen molar-refractivity contribution in [2.75, 3.05) is 19.6 Å². The second-order valence-electron chi connectivity index (χ2n) is 5.24. The number of carboxylic acids is 1. The average Bonchev–Trinajstić information content (AvgIpc) is 2.29. The summed E-state index contributed by atoms with van der Waals surface area (Å²) in [5.41, 5.74) is -0.583. The van der Waals surface area contributed by atoms with Crippen molar-refractivity contribution < 1.29 is 15.0 Å².